The van der Waals surface area contributed by atoms with Gasteiger partial charge in [0, 0.05) is 19.2 Å². The Hall–Kier alpha value is -2.27. The Morgan fingerprint density at radius 3 is 2.77 bits per heavy atom. The van der Waals surface area contributed by atoms with Gasteiger partial charge in [-0.15, -0.1) is 0 Å². The van der Waals surface area contributed by atoms with Crippen LogP contribution in [0.4, 0.5) is 5.69 Å². The monoisotopic (exact) mass is 480 g/mol. The lowest BCUT2D eigenvalue weighted by atomic mass is 10.3. The molecule has 0 aliphatic carbocycles. The van der Waals surface area contributed by atoms with Crippen molar-refractivity contribution in [2.45, 2.75) is 22.9 Å². The Balaban J connectivity index is 1.43. The predicted octanol–water partition coefficient (Wildman–Crippen LogP) is 3.74. The predicted molar refractivity (Wildman–Crippen MR) is 121 cm³/mol. The molecule has 0 saturated carbocycles. The maximum Gasteiger partial charge on any atom is 0.243 e. The van der Waals surface area contributed by atoms with Crippen molar-refractivity contribution in [3.8, 4) is 5.75 Å². The number of fused-ring (bicyclic) bond motifs is 1. The minimum atomic E-state index is -3.60. The largest absolute Gasteiger partial charge is 0.497 e. The van der Waals surface area contributed by atoms with E-state index in [-0.39, 0.29) is 27.3 Å². The first kappa shape index (κ1) is 21.9. The number of methoxy groups -OCH3 is 1. The Morgan fingerprint density at radius 2 is 2.03 bits per heavy atom. The summed E-state index contributed by atoms with van der Waals surface area (Å²) in [5, 5.41) is 3.56. The number of rotatable bonds is 7. The fraction of sp³-hybridized carbons (Fsp3) is 0.300. The van der Waals surface area contributed by atoms with Crippen LogP contribution in [-0.4, -0.2) is 54.6 Å². The fourth-order valence-electron chi connectivity index (χ4n) is 3.32. The van der Waals surface area contributed by atoms with Gasteiger partial charge in [0.2, 0.25) is 15.9 Å². The Morgan fingerprint density at radius 1 is 1.26 bits per heavy atom. The quantitative estimate of drug-likeness (QED) is 0.499. The maximum atomic E-state index is 12.8. The molecule has 1 saturated heterocycles. The van der Waals surface area contributed by atoms with Crippen molar-refractivity contribution in [3.63, 3.8) is 0 Å². The molecule has 1 aliphatic rings. The molecular formula is C20H21ClN4O4S2. The van der Waals surface area contributed by atoms with Crippen molar-refractivity contribution < 1.29 is 17.9 Å². The van der Waals surface area contributed by atoms with E-state index in [9.17, 15) is 13.2 Å². The number of anilines is 1. The Labute approximate surface area is 189 Å². The summed E-state index contributed by atoms with van der Waals surface area (Å²) in [5.41, 5.74) is 1.85. The third kappa shape index (κ3) is 4.82. The summed E-state index contributed by atoms with van der Waals surface area (Å²) >= 11 is 7.42. The van der Waals surface area contributed by atoms with Gasteiger partial charge in [-0.1, -0.05) is 23.4 Å². The molecule has 0 atom stereocenters. The highest BCUT2D eigenvalue weighted by atomic mass is 35.5. The van der Waals surface area contributed by atoms with Crippen LogP contribution >= 0.6 is 23.4 Å². The fourth-order valence-corrected chi connectivity index (χ4v) is 5.71. The number of aromatic amines is 1. The second kappa shape index (κ2) is 9.07. The molecule has 2 aromatic carbocycles. The first-order chi connectivity index (χ1) is 14.9. The summed E-state index contributed by atoms with van der Waals surface area (Å²) < 4.78 is 32.2. The van der Waals surface area contributed by atoms with Crippen molar-refractivity contribution in [1.29, 1.82) is 0 Å². The average Bonchev–Trinajstić information content (AvgIpc) is 3.43. The molecule has 1 aliphatic heterocycles. The molecule has 164 valence electrons. The number of aromatic nitrogens is 2. The number of thioether (sulfide) groups is 1. The highest BCUT2D eigenvalue weighted by Gasteiger charge is 2.27. The van der Waals surface area contributed by atoms with Gasteiger partial charge < -0.3 is 15.0 Å². The number of nitrogens with zero attached hydrogens (tertiary/aromatic N) is 2. The van der Waals surface area contributed by atoms with Gasteiger partial charge >= 0.3 is 0 Å². The number of hydrogen-bond donors (Lipinski definition) is 2. The van der Waals surface area contributed by atoms with Crippen LogP contribution in [0.1, 0.15) is 12.8 Å². The minimum Gasteiger partial charge on any atom is -0.497 e. The number of benzene rings is 2. The lowest BCUT2D eigenvalue weighted by Gasteiger charge is -2.16. The molecule has 1 fully saturated rings. The molecule has 2 heterocycles. The molecule has 1 aromatic heterocycles. The Bertz CT molecular complexity index is 1220. The van der Waals surface area contributed by atoms with E-state index in [0.717, 1.165) is 23.9 Å². The lowest BCUT2D eigenvalue weighted by molar-refractivity contribution is -0.113. The first-order valence-electron chi connectivity index (χ1n) is 9.63. The van der Waals surface area contributed by atoms with Gasteiger partial charge in [-0.25, -0.2) is 13.4 Å². The molecule has 11 heteroatoms. The van der Waals surface area contributed by atoms with Crippen LogP contribution in [-0.2, 0) is 14.8 Å². The van der Waals surface area contributed by atoms with Gasteiger partial charge in [-0.3, -0.25) is 4.79 Å². The second-order valence-electron chi connectivity index (χ2n) is 7.01. The summed E-state index contributed by atoms with van der Waals surface area (Å²) in [6.45, 7) is 1.01. The second-order valence-corrected chi connectivity index (χ2v) is 10.3. The summed E-state index contributed by atoms with van der Waals surface area (Å²) in [4.78, 5) is 20.2. The lowest BCUT2D eigenvalue weighted by Crippen LogP contribution is -2.28. The van der Waals surface area contributed by atoms with E-state index in [1.54, 1.807) is 7.11 Å². The molecule has 4 rings (SSSR count). The third-order valence-electron chi connectivity index (χ3n) is 4.92. The van der Waals surface area contributed by atoms with E-state index in [1.165, 1.54) is 34.3 Å². The van der Waals surface area contributed by atoms with Crippen LogP contribution in [0.3, 0.4) is 0 Å². The number of nitrogens with one attached hydrogen (secondary N) is 2. The van der Waals surface area contributed by atoms with Gasteiger partial charge in [-0.05, 0) is 43.2 Å². The van der Waals surface area contributed by atoms with Crippen molar-refractivity contribution in [3.05, 3.63) is 41.4 Å². The number of sulfonamides is 1. The molecule has 1 amide bonds. The van der Waals surface area contributed by atoms with Gasteiger partial charge in [0.05, 0.1) is 39.5 Å². The van der Waals surface area contributed by atoms with E-state index < -0.39 is 10.0 Å². The van der Waals surface area contributed by atoms with Crippen LogP contribution in [0.25, 0.3) is 11.0 Å². The number of H-pyrrole nitrogens is 1. The molecular weight excluding hydrogens is 460 g/mol. The zero-order valence-corrected chi connectivity index (χ0v) is 19.1. The van der Waals surface area contributed by atoms with Crippen LogP contribution in [0.2, 0.25) is 5.02 Å². The molecule has 0 radical (unpaired) electrons. The van der Waals surface area contributed by atoms with E-state index in [4.69, 9.17) is 16.3 Å². The molecule has 0 bridgehead atoms. The van der Waals surface area contributed by atoms with Crippen LogP contribution in [0.5, 0.6) is 5.75 Å². The highest BCUT2D eigenvalue weighted by molar-refractivity contribution is 7.99. The van der Waals surface area contributed by atoms with E-state index in [2.05, 4.69) is 15.3 Å². The highest BCUT2D eigenvalue weighted by Crippen LogP contribution is 2.29. The average molecular weight is 481 g/mol. The summed E-state index contributed by atoms with van der Waals surface area (Å²) in [6, 6.07) is 9.84. The Kier molecular flexibility index (Phi) is 6.42. The van der Waals surface area contributed by atoms with Crippen molar-refractivity contribution >= 4 is 56.0 Å². The summed E-state index contributed by atoms with van der Waals surface area (Å²) in [6.07, 6.45) is 1.70. The zero-order chi connectivity index (χ0) is 22.0. The molecule has 0 unspecified atom stereocenters. The van der Waals surface area contributed by atoms with Crippen molar-refractivity contribution in [2.24, 2.45) is 0 Å². The molecule has 31 heavy (non-hydrogen) atoms. The zero-order valence-electron chi connectivity index (χ0n) is 16.7. The third-order valence-corrected chi connectivity index (χ3v) is 8.02. The van der Waals surface area contributed by atoms with Crippen LogP contribution in [0.15, 0.2) is 46.5 Å². The molecule has 3 aromatic rings. The summed E-state index contributed by atoms with van der Waals surface area (Å²) in [7, 11) is -2.01. The van der Waals surface area contributed by atoms with Gasteiger partial charge in [0.15, 0.2) is 5.16 Å². The van der Waals surface area contributed by atoms with Gasteiger partial charge in [0.25, 0.3) is 0 Å². The smallest absolute Gasteiger partial charge is 0.243 e. The number of carbonyl (C=O) groups is 1. The molecule has 2 N–H and O–H groups in total. The van der Waals surface area contributed by atoms with Crippen LogP contribution < -0.4 is 10.1 Å². The van der Waals surface area contributed by atoms with Crippen LogP contribution in [0, 0.1) is 0 Å². The van der Waals surface area contributed by atoms with Gasteiger partial charge in [0.1, 0.15) is 5.75 Å². The number of carbonyl (C=O) groups excluding carboxylic acids is 1. The standard InChI is InChI=1S/C20H21ClN4O4S2/c1-29-13-4-7-16-18(10-13)24-20(23-16)30-12-19(26)22-17-11-14(5-6-15(17)21)31(27,28)25-8-2-3-9-25/h4-7,10-11H,2-3,8-9,12H2,1H3,(H,22,26)(H,23,24). The van der Waals surface area contributed by atoms with E-state index in [0.29, 0.717) is 24.0 Å². The minimum absolute atomic E-state index is 0.0798. The van der Waals surface area contributed by atoms with Crippen molar-refractivity contribution in [2.75, 3.05) is 31.3 Å². The number of imidazole rings is 1. The first-order valence-corrected chi connectivity index (χ1v) is 12.4. The topological polar surface area (TPSA) is 104 Å². The normalized spacial score (nSPS) is 14.8. The number of hydrogen-bond acceptors (Lipinski definition) is 6. The number of amides is 1. The number of ether oxygens (including phenoxy) is 1. The number of halogens is 1. The van der Waals surface area contributed by atoms with Gasteiger partial charge in [-0.2, -0.15) is 4.31 Å². The van der Waals surface area contributed by atoms with E-state index >= 15 is 0 Å². The van der Waals surface area contributed by atoms with Crippen molar-refractivity contribution in [1.82, 2.24) is 14.3 Å². The summed E-state index contributed by atoms with van der Waals surface area (Å²) in [5.74, 6) is 0.473. The molecule has 8 nitrogen and oxygen atoms in total. The maximum absolute atomic E-state index is 12.8. The SMILES string of the molecule is COc1ccc2nc(SCC(=O)Nc3cc(S(=O)(=O)N4CCCC4)ccc3Cl)[nH]c2c1. The van der Waals surface area contributed by atoms with E-state index in [1.807, 2.05) is 18.2 Å². The molecule has 0 spiro atoms.